The molecule has 0 saturated heterocycles. The van der Waals surface area contributed by atoms with Gasteiger partial charge in [-0.1, -0.05) is 30.3 Å². The van der Waals surface area contributed by atoms with Crippen LogP contribution in [0.2, 0.25) is 0 Å². The third-order valence-electron chi connectivity index (χ3n) is 5.01. The van der Waals surface area contributed by atoms with Gasteiger partial charge >= 0.3 is 0 Å². The Balaban J connectivity index is 1.68. The smallest absolute Gasteiger partial charge is 0.272 e. The number of carbonyl (C=O) groups excluding carboxylic acids is 1. The van der Waals surface area contributed by atoms with Crippen LogP contribution in [-0.2, 0) is 0 Å². The summed E-state index contributed by atoms with van der Waals surface area (Å²) < 4.78 is 10.8. The molecule has 0 atom stereocenters. The maximum Gasteiger partial charge on any atom is 0.272 e. The largest absolute Gasteiger partial charge is 0.504 e. The highest BCUT2D eigenvalue weighted by Gasteiger charge is 2.15. The van der Waals surface area contributed by atoms with Crippen molar-refractivity contribution < 1.29 is 19.4 Å². The van der Waals surface area contributed by atoms with Crippen molar-refractivity contribution in [2.45, 2.75) is 6.92 Å². The molecule has 0 aliphatic rings. The topological polar surface area (TPSA) is 93.0 Å². The Morgan fingerprint density at radius 3 is 2.67 bits per heavy atom. The number of ether oxygens (including phenoxy) is 2. The zero-order valence-corrected chi connectivity index (χ0v) is 18.3. The van der Waals surface area contributed by atoms with Crippen LogP contribution in [-0.4, -0.2) is 35.9 Å². The van der Waals surface area contributed by atoms with Crippen molar-refractivity contribution in [1.29, 1.82) is 0 Å². The molecule has 0 saturated carbocycles. The van der Waals surface area contributed by atoms with E-state index in [-0.39, 0.29) is 11.7 Å². The Morgan fingerprint density at radius 1 is 1.06 bits per heavy atom. The second kappa shape index (κ2) is 9.82. The Bertz CT molecular complexity index is 1330. The lowest BCUT2D eigenvalue weighted by Crippen LogP contribution is -2.18. The van der Waals surface area contributed by atoms with E-state index in [1.807, 2.05) is 55.5 Å². The Hall–Kier alpha value is -4.39. The van der Waals surface area contributed by atoms with Crippen molar-refractivity contribution in [3.8, 4) is 28.5 Å². The summed E-state index contributed by atoms with van der Waals surface area (Å²) in [5, 5.41) is 14.5. The zero-order valence-electron chi connectivity index (χ0n) is 18.3. The van der Waals surface area contributed by atoms with Gasteiger partial charge in [0.2, 0.25) is 0 Å². The molecule has 33 heavy (non-hydrogen) atoms. The van der Waals surface area contributed by atoms with Gasteiger partial charge in [0, 0.05) is 10.9 Å². The SMILES string of the molecule is CCOc1ccccc1-c1cc(C(=O)N/N=C/c2ccc(O)c(OC)c2)c2ccccc2n1. The first kappa shape index (κ1) is 21.8. The van der Waals surface area contributed by atoms with E-state index < -0.39 is 0 Å². The highest BCUT2D eigenvalue weighted by atomic mass is 16.5. The van der Waals surface area contributed by atoms with Crippen LogP contribution < -0.4 is 14.9 Å². The van der Waals surface area contributed by atoms with Gasteiger partial charge in [0.05, 0.1) is 36.7 Å². The monoisotopic (exact) mass is 441 g/mol. The molecule has 7 heteroatoms. The van der Waals surface area contributed by atoms with Crippen molar-refractivity contribution in [3.63, 3.8) is 0 Å². The number of amides is 1. The third kappa shape index (κ3) is 4.77. The summed E-state index contributed by atoms with van der Waals surface area (Å²) in [5.41, 5.74) is 5.82. The fourth-order valence-corrected chi connectivity index (χ4v) is 3.46. The number of nitrogens with zero attached hydrogens (tertiary/aromatic N) is 2. The van der Waals surface area contributed by atoms with Gasteiger partial charge in [-0.05, 0) is 55.0 Å². The molecule has 0 radical (unpaired) electrons. The maximum absolute atomic E-state index is 13.1. The van der Waals surface area contributed by atoms with Crippen molar-refractivity contribution in [1.82, 2.24) is 10.4 Å². The Labute approximate surface area is 191 Å². The van der Waals surface area contributed by atoms with E-state index in [2.05, 4.69) is 10.5 Å². The number of hydrazone groups is 1. The predicted octanol–water partition coefficient (Wildman–Crippen LogP) is 4.78. The van der Waals surface area contributed by atoms with Crippen LogP contribution in [0.3, 0.4) is 0 Å². The minimum Gasteiger partial charge on any atom is -0.504 e. The molecule has 4 aromatic rings. The van der Waals surface area contributed by atoms with Crippen molar-refractivity contribution in [2.24, 2.45) is 5.10 Å². The summed E-state index contributed by atoms with van der Waals surface area (Å²) in [4.78, 5) is 17.8. The Kier molecular flexibility index (Phi) is 6.50. The van der Waals surface area contributed by atoms with Gasteiger partial charge in [-0.15, -0.1) is 0 Å². The summed E-state index contributed by atoms with van der Waals surface area (Å²) in [6, 6.07) is 21.6. The second-order valence-electron chi connectivity index (χ2n) is 7.13. The maximum atomic E-state index is 13.1. The van der Waals surface area contributed by atoms with Crippen LogP contribution in [0.5, 0.6) is 17.2 Å². The van der Waals surface area contributed by atoms with E-state index in [1.54, 1.807) is 18.2 Å². The highest BCUT2D eigenvalue weighted by molar-refractivity contribution is 6.07. The first-order chi connectivity index (χ1) is 16.1. The van der Waals surface area contributed by atoms with Crippen molar-refractivity contribution in [2.75, 3.05) is 13.7 Å². The summed E-state index contributed by atoms with van der Waals surface area (Å²) in [6.07, 6.45) is 1.48. The van der Waals surface area contributed by atoms with Crippen LogP contribution in [0.4, 0.5) is 0 Å². The molecule has 0 unspecified atom stereocenters. The molecule has 4 rings (SSSR count). The zero-order chi connectivity index (χ0) is 23.2. The first-order valence-electron chi connectivity index (χ1n) is 10.4. The van der Waals surface area contributed by atoms with E-state index >= 15 is 0 Å². The molecule has 0 bridgehead atoms. The molecule has 0 fully saturated rings. The minimum atomic E-state index is -0.370. The molecule has 2 N–H and O–H groups in total. The van der Waals surface area contributed by atoms with Gasteiger partial charge in [-0.2, -0.15) is 5.10 Å². The summed E-state index contributed by atoms with van der Waals surface area (Å²) in [6.45, 7) is 2.44. The number of methoxy groups -OCH3 is 1. The molecule has 166 valence electrons. The molecule has 0 aliphatic heterocycles. The molecule has 1 amide bonds. The van der Waals surface area contributed by atoms with Crippen molar-refractivity contribution >= 4 is 23.0 Å². The number of rotatable bonds is 7. The first-order valence-corrected chi connectivity index (χ1v) is 10.4. The van der Waals surface area contributed by atoms with Crippen LogP contribution in [0.1, 0.15) is 22.8 Å². The normalized spacial score (nSPS) is 11.0. The lowest BCUT2D eigenvalue weighted by molar-refractivity contribution is 0.0956. The predicted molar refractivity (Wildman–Crippen MR) is 128 cm³/mol. The van der Waals surface area contributed by atoms with Crippen molar-refractivity contribution in [3.05, 3.63) is 83.9 Å². The summed E-state index contributed by atoms with van der Waals surface area (Å²) in [7, 11) is 1.47. The van der Waals surface area contributed by atoms with Gasteiger partial charge in [0.15, 0.2) is 11.5 Å². The van der Waals surface area contributed by atoms with Crippen LogP contribution in [0.25, 0.3) is 22.2 Å². The minimum absolute atomic E-state index is 0.0294. The fraction of sp³-hybridized carbons (Fsp3) is 0.115. The number of fused-ring (bicyclic) bond motifs is 1. The van der Waals surface area contributed by atoms with Gasteiger partial charge < -0.3 is 14.6 Å². The average molecular weight is 441 g/mol. The van der Waals surface area contributed by atoms with E-state index in [0.717, 1.165) is 5.56 Å². The quantitative estimate of drug-likeness (QED) is 0.318. The lowest BCUT2D eigenvalue weighted by Gasteiger charge is -2.12. The van der Waals surface area contributed by atoms with E-state index in [1.165, 1.54) is 19.4 Å². The van der Waals surface area contributed by atoms with E-state index in [9.17, 15) is 9.90 Å². The molecule has 1 aromatic heterocycles. The van der Waals surface area contributed by atoms with E-state index in [0.29, 0.717) is 45.8 Å². The number of phenolic OH excluding ortho intramolecular Hbond substituents is 1. The number of phenols is 1. The summed E-state index contributed by atoms with van der Waals surface area (Å²) >= 11 is 0. The number of carbonyl (C=O) groups is 1. The molecule has 0 aliphatic carbocycles. The number of pyridine rings is 1. The molecule has 1 heterocycles. The number of hydrogen-bond donors (Lipinski definition) is 2. The van der Waals surface area contributed by atoms with Gasteiger partial charge in [0.25, 0.3) is 5.91 Å². The standard InChI is InChI=1S/C26H23N3O4/c1-3-33-24-11-7-5-9-19(24)22-15-20(18-8-4-6-10-21(18)28-22)26(31)29-27-16-17-12-13-23(30)25(14-17)32-2/h4-16,30H,3H2,1-2H3,(H,29,31)/b27-16+. The van der Waals surface area contributed by atoms with Gasteiger partial charge in [-0.3, -0.25) is 4.79 Å². The second-order valence-corrected chi connectivity index (χ2v) is 7.13. The number of hydrogen-bond acceptors (Lipinski definition) is 6. The fourth-order valence-electron chi connectivity index (χ4n) is 3.46. The average Bonchev–Trinajstić information content (AvgIpc) is 2.85. The lowest BCUT2D eigenvalue weighted by atomic mass is 10.0. The molecular formula is C26H23N3O4. The molecular weight excluding hydrogens is 418 g/mol. The molecule has 3 aromatic carbocycles. The van der Waals surface area contributed by atoms with Crippen LogP contribution in [0.15, 0.2) is 77.9 Å². The number of benzene rings is 3. The van der Waals surface area contributed by atoms with Crippen LogP contribution >= 0.6 is 0 Å². The van der Waals surface area contributed by atoms with Crippen LogP contribution in [0, 0.1) is 0 Å². The number of aromatic nitrogens is 1. The number of para-hydroxylation sites is 2. The third-order valence-corrected chi connectivity index (χ3v) is 5.01. The highest BCUT2D eigenvalue weighted by Crippen LogP contribution is 2.31. The van der Waals surface area contributed by atoms with Gasteiger partial charge in [-0.25, -0.2) is 10.4 Å². The molecule has 0 spiro atoms. The molecule has 7 nitrogen and oxygen atoms in total. The number of aromatic hydroxyl groups is 1. The van der Waals surface area contributed by atoms with Gasteiger partial charge in [0.1, 0.15) is 5.75 Å². The number of nitrogens with one attached hydrogen (secondary N) is 1. The van der Waals surface area contributed by atoms with E-state index in [4.69, 9.17) is 14.5 Å². The summed E-state index contributed by atoms with van der Waals surface area (Å²) in [5.74, 6) is 0.684. The Morgan fingerprint density at radius 2 is 1.85 bits per heavy atom.